The van der Waals surface area contributed by atoms with E-state index in [4.69, 9.17) is 32.2 Å². The van der Waals surface area contributed by atoms with Gasteiger partial charge in [0, 0.05) is 22.4 Å². The first-order chi connectivity index (χ1) is 14.3. The molecule has 0 saturated carbocycles. The van der Waals surface area contributed by atoms with E-state index in [9.17, 15) is 9.59 Å². The first-order valence-electron chi connectivity index (χ1n) is 9.17. The van der Waals surface area contributed by atoms with Gasteiger partial charge in [-0.1, -0.05) is 53.7 Å². The number of hydrogen-bond acceptors (Lipinski definition) is 7. The van der Waals surface area contributed by atoms with Crippen molar-refractivity contribution in [2.24, 2.45) is 16.6 Å². The molecule has 0 radical (unpaired) electrons. The van der Waals surface area contributed by atoms with Crippen molar-refractivity contribution in [2.75, 3.05) is 19.5 Å². The van der Waals surface area contributed by atoms with Crippen LogP contribution >= 0.6 is 23.4 Å². The van der Waals surface area contributed by atoms with Gasteiger partial charge in [0.1, 0.15) is 12.5 Å². The standard InChI is InChI=1S/C21H24ClN3O4S/c1-4-5-10-29-20(27)16-12(2)25-15(11-30-21(23)24)18(19(26)28-3)17(16)13-8-6-7-9-14(13)22/h4-9,16-17H,10-11H2,1-3H3,(H3,23,24). The summed E-state index contributed by atoms with van der Waals surface area (Å²) in [4.78, 5) is 30.3. The van der Waals surface area contributed by atoms with Gasteiger partial charge < -0.3 is 15.2 Å². The molecule has 0 fully saturated rings. The Hall–Kier alpha value is -2.58. The molecule has 2 rings (SSSR count). The van der Waals surface area contributed by atoms with E-state index in [0.29, 0.717) is 22.0 Å². The molecule has 0 aromatic heterocycles. The number of rotatable bonds is 7. The van der Waals surface area contributed by atoms with Gasteiger partial charge in [-0.2, -0.15) is 0 Å². The Bertz CT molecular complexity index is 927. The number of carbonyl (C=O) groups excluding carboxylic acids is 2. The van der Waals surface area contributed by atoms with Crippen LogP contribution in [0.25, 0.3) is 0 Å². The lowest BCUT2D eigenvalue weighted by Crippen LogP contribution is -2.37. The maximum absolute atomic E-state index is 13.0. The Kier molecular flexibility index (Phi) is 8.68. The topological polar surface area (TPSA) is 115 Å². The number of nitrogens with two attached hydrogens (primary N) is 1. The van der Waals surface area contributed by atoms with Crippen molar-refractivity contribution in [3.05, 3.63) is 58.3 Å². The third kappa shape index (κ3) is 5.52. The van der Waals surface area contributed by atoms with Crippen LogP contribution in [0.2, 0.25) is 5.02 Å². The second-order valence-corrected chi connectivity index (χ2v) is 7.86. The normalized spacial score (nSPS) is 18.9. The summed E-state index contributed by atoms with van der Waals surface area (Å²) in [5.74, 6) is -2.56. The molecule has 30 heavy (non-hydrogen) atoms. The third-order valence-electron chi connectivity index (χ3n) is 4.54. The molecule has 7 nitrogen and oxygen atoms in total. The fourth-order valence-corrected chi connectivity index (χ4v) is 3.99. The highest BCUT2D eigenvalue weighted by Gasteiger charge is 2.43. The zero-order chi connectivity index (χ0) is 22.3. The van der Waals surface area contributed by atoms with Crippen molar-refractivity contribution >= 4 is 46.2 Å². The summed E-state index contributed by atoms with van der Waals surface area (Å²) < 4.78 is 10.4. The maximum Gasteiger partial charge on any atom is 0.336 e. The lowest BCUT2D eigenvalue weighted by Gasteiger charge is -2.32. The summed E-state index contributed by atoms with van der Waals surface area (Å²) in [7, 11) is 1.26. The summed E-state index contributed by atoms with van der Waals surface area (Å²) in [5, 5.41) is 7.78. The number of ether oxygens (including phenoxy) is 2. The summed E-state index contributed by atoms with van der Waals surface area (Å²) >= 11 is 7.48. The molecule has 0 spiro atoms. The molecule has 3 N–H and O–H groups in total. The largest absolute Gasteiger partial charge is 0.466 e. The number of thioether (sulfide) groups is 1. The number of esters is 2. The van der Waals surface area contributed by atoms with Crippen LogP contribution in [0, 0.1) is 11.3 Å². The third-order valence-corrected chi connectivity index (χ3v) is 5.61. The molecule has 1 aliphatic rings. The molecule has 9 heteroatoms. The first kappa shape index (κ1) is 23.7. The van der Waals surface area contributed by atoms with Crippen LogP contribution in [0.3, 0.4) is 0 Å². The zero-order valence-electron chi connectivity index (χ0n) is 17.0. The number of carbonyl (C=O) groups is 2. The number of halogens is 1. The number of hydrogen-bond donors (Lipinski definition) is 2. The zero-order valence-corrected chi connectivity index (χ0v) is 18.5. The van der Waals surface area contributed by atoms with E-state index < -0.39 is 23.8 Å². The van der Waals surface area contributed by atoms with Gasteiger partial charge in [0.15, 0.2) is 5.17 Å². The molecule has 0 amide bonds. The minimum atomic E-state index is -0.852. The summed E-state index contributed by atoms with van der Waals surface area (Å²) in [5.41, 5.74) is 7.14. The lowest BCUT2D eigenvalue weighted by molar-refractivity contribution is -0.145. The van der Waals surface area contributed by atoms with Gasteiger partial charge in [0.05, 0.1) is 18.4 Å². The van der Waals surface area contributed by atoms with Crippen LogP contribution in [0.4, 0.5) is 0 Å². The van der Waals surface area contributed by atoms with Crippen LogP contribution in [0.5, 0.6) is 0 Å². The van der Waals surface area contributed by atoms with Crippen molar-refractivity contribution in [3.8, 4) is 0 Å². The van der Waals surface area contributed by atoms with E-state index in [1.807, 2.05) is 6.92 Å². The maximum atomic E-state index is 13.0. The summed E-state index contributed by atoms with van der Waals surface area (Å²) in [6.07, 6.45) is 3.49. The van der Waals surface area contributed by atoms with Crippen LogP contribution in [-0.4, -0.2) is 42.3 Å². The quantitative estimate of drug-likeness (QED) is 0.284. The number of amidine groups is 1. The van der Waals surface area contributed by atoms with E-state index in [0.717, 1.165) is 11.8 Å². The Labute approximate surface area is 184 Å². The molecular weight excluding hydrogens is 426 g/mol. The Morgan fingerprint density at radius 1 is 1.37 bits per heavy atom. The Morgan fingerprint density at radius 2 is 2.07 bits per heavy atom. The predicted molar refractivity (Wildman–Crippen MR) is 120 cm³/mol. The minimum absolute atomic E-state index is 0.109. The average molecular weight is 450 g/mol. The van der Waals surface area contributed by atoms with Crippen molar-refractivity contribution in [3.63, 3.8) is 0 Å². The molecule has 1 aromatic rings. The molecule has 1 aliphatic heterocycles. The molecule has 160 valence electrons. The number of aliphatic imine (C=N–C) groups is 1. The monoisotopic (exact) mass is 449 g/mol. The molecule has 0 aliphatic carbocycles. The van der Waals surface area contributed by atoms with Gasteiger partial charge in [0.25, 0.3) is 0 Å². The smallest absolute Gasteiger partial charge is 0.336 e. The van der Waals surface area contributed by atoms with Crippen LogP contribution in [0.15, 0.2) is 52.7 Å². The molecule has 1 aromatic carbocycles. The van der Waals surface area contributed by atoms with Crippen molar-refractivity contribution in [1.29, 1.82) is 5.41 Å². The predicted octanol–water partition coefficient (Wildman–Crippen LogP) is 3.69. The average Bonchev–Trinajstić information content (AvgIpc) is 2.71. The number of methoxy groups -OCH3 is 1. The van der Waals surface area contributed by atoms with E-state index in [-0.39, 0.29) is 23.1 Å². The fraction of sp³-hybridized carbons (Fsp3) is 0.333. The van der Waals surface area contributed by atoms with Crippen LogP contribution < -0.4 is 5.73 Å². The van der Waals surface area contributed by atoms with Crippen LogP contribution in [0.1, 0.15) is 25.3 Å². The minimum Gasteiger partial charge on any atom is -0.466 e. The number of benzene rings is 1. The van der Waals surface area contributed by atoms with E-state index >= 15 is 0 Å². The number of nitrogens with one attached hydrogen (secondary N) is 1. The Balaban J connectivity index is 2.65. The van der Waals surface area contributed by atoms with Crippen molar-refractivity contribution in [2.45, 2.75) is 19.8 Å². The number of nitrogens with zero attached hydrogens (tertiary/aromatic N) is 1. The molecule has 2 unspecified atom stereocenters. The second-order valence-electron chi connectivity index (χ2n) is 6.43. The van der Waals surface area contributed by atoms with Crippen LogP contribution in [-0.2, 0) is 19.1 Å². The highest BCUT2D eigenvalue weighted by molar-refractivity contribution is 8.13. The number of allylic oxidation sites excluding steroid dienone is 1. The highest BCUT2D eigenvalue weighted by Crippen LogP contribution is 2.43. The lowest BCUT2D eigenvalue weighted by atomic mass is 9.75. The first-order valence-corrected chi connectivity index (χ1v) is 10.5. The van der Waals surface area contributed by atoms with E-state index in [1.54, 1.807) is 43.3 Å². The van der Waals surface area contributed by atoms with E-state index in [2.05, 4.69) is 4.99 Å². The molecule has 0 bridgehead atoms. The van der Waals surface area contributed by atoms with Gasteiger partial charge in [-0.25, -0.2) is 4.79 Å². The second kappa shape index (κ2) is 11.0. The van der Waals surface area contributed by atoms with Gasteiger partial charge in [-0.15, -0.1) is 0 Å². The molecule has 1 heterocycles. The fourth-order valence-electron chi connectivity index (χ4n) is 3.23. The highest BCUT2D eigenvalue weighted by atomic mass is 35.5. The molecular formula is C21H24ClN3O4S. The Morgan fingerprint density at radius 3 is 2.67 bits per heavy atom. The van der Waals surface area contributed by atoms with Gasteiger partial charge in [0.2, 0.25) is 0 Å². The SMILES string of the molecule is CC=CCOC(=O)C1C(C)=NC(CSC(=N)N)=C(C(=O)OC)C1c1ccccc1Cl. The summed E-state index contributed by atoms with van der Waals surface area (Å²) in [6.45, 7) is 3.64. The van der Waals surface area contributed by atoms with Gasteiger partial charge >= 0.3 is 11.9 Å². The molecule has 0 saturated heterocycles. The van der Waals surface area contributed by atoms with E-state index in [1.165, 1.54) is 7.11 Å². The van der Waals surface area contributed by atoms with Crippen molar-refractivity contribution < 1.29 is 19.1 Å². The molecule has 2 atom stereocenters. The van der Waals surface area contributed by atoms with Gasteiger partial charge in [-0.3, -0.25) is 15.2 Å². The van der Waals surface area contributed by atoms with Gasteiger partial charge in [-0.05, 0) is 25.5 Å². The summed E-state index contributed by atoms with van der Waals surface area (Å²) in [6, 6.07) is 7.00. The van der Waals surface area contributed by atoms with Crippen molar-refractivity contribution in [1.82, 2.24) is 0 Å².